The first kappa shape index (κ1) is 14.3. The predicted molar refractivity (Wildman–Crippen MR) is 70.7 cm³/mol. The van der Waals surface area contributed by atoms with Gasteiger partial charge in [-0.25, -0.2) is 4.79 Å². The number of hydrogen-bond acceptors (Lipinski definition) is 2. The summed E-state index contributed by atoms with van der Waals surface area (Å²) in [7, 11) is 0. The average molecular weight is 238 g/mol. The summed E-state index contributed by atoms with van der Waals surface area (Å²) in [5, 5.41) is 0. The summed E-state index contributed by atoms with van der Waals surface area (Å²) in [6, 6.07) is 0. The van der Waals surface area contributed by atoms with Gasteiger partial charge < -0.3 is 4.74 Å². The van der Waals surface area contributed by atoms with Crippen molar-refractivity contribution in [3.63, 3.8) is 0 Å². The first-order valence-corrected chi connectivity index (χ1v) is 6.68. The quantitative estimate of drug-likeness (QED) is 0.544. The van der Waals surface area contributed by atoms with Crippen molar-refractivity contribution in [2.75, 3.05) is 0 Å². The molecule has 1 rings (SSSR count). The zero-order valence-corrected chi connectivity index (χ0v) is 11.7. The molecule has 1 aliphatic carbocycles. The molecule has 0 saturated heterocycles. The molecule has 2 heteroatoms. The van der Waals surface area contributed by atoms with Crippen molar-refractivity contribution in [2.24, 2.45) is 11.3 Å². The van der Waals surface area contributed by atoms with Gasteiger partial charge in [-0.2, -0.15) is 0 Å². The summed E-state index contributed by atoms with van der Waals surface area (Å²) in [6.45, 7) is 12.4. The van der Waals surface area contributed by atoms with E-state index in [2.05, 4.69) is 34.3 Å². The van der Waals surface area contributed by atoms with E-state index in [9.17, 15) is 4.79 Å². The molecule has 1 saturated carbocycles. The molecule has 0 aromatic carbocycles. The topological polar surface area (TPSA) is 26.3 Å². The van der Waals surface area contributed by atoms with Crippen LogP contribution >= 0.6 is 0 Å². The minimum absolute atomic E-state index is 0.258. The molecule has 17 heavy (non-hydrogen) atoms. The lowest BCUT2D eigenvalue weighted by atomic mass is 9.64. The van der Waals surface area contributed by atoms with Crippen LogP contribution < -0.4 is 0 Å². The molecule has 0 spiro atoms. The molecule has 0 radical (unpaired) electrons. The van der Waals surface area contributed by atoms with Crippen molar-refractivity contribution in [1.82, 2.24) is 0 Å². The number of ether oxygens (including phenoxy) is 1. The Balaban J connectivity index is 2.89. The van der Waals surface area contributed by atoms with Gasteiger partial charge >= 0.3 is 5.97 Å². The van der Waals surface area contributed by atoms with Crippen LogP contribution in [0.2, 0.25) is 0 Å². The van der Waals surface area contributed by atoms with Gasteiger partial charge in [-0.1, -0.05) is 40.7 Å². The summed E-state index contributed by atoms with van der Waals surface area (Å²) in [5.74, 6) is 0.339. The van der Waals surface area contributed by atoms with Gasteiger partial charge in [0, 0.05) is 6.08 Å². The van der Waals surface area contributed by atoms with E-state index in [1.54, 1.807) is 0 Å². The second-order valence-corrected chi connectivity index (χ2v) is 6.41. The predicted octanol–water partition coefficient (Wildman–Crippen LogP) is 4.10. The Kier molecular flexibility index (Phi) is 4.40. The van der Waals surface area contributed by atoms with E-state index in [0.29, 0.717) is 5.92 Å². The van der Waals surface area contributed by atoms with E-state index in [4.69, 9.17) is 4.74 Å². The minimum atomic E-state index is -0.275. The van der Waals surface area contributed by atoms with Crippen molar-refractivity contribution in [1.29, 1.82) is 0 Å². The van der Waals surface area contributed by atoms with Crippen molar-refractivity contribution in [3.05, 3.63) is 12.7 Å². The highest BCUT2D eigenvalue weighted by atomic mass is 16.6. The van der Waals surface area contributed by atoms with E-state index in [-0.39, 0.29) is 17.0 Å². The van der Waals surface area contributed by atoms with Crippen LogP contribution in [0, 0.1) is 11.3 Å². The highest BCUT2D eigenvalue weighted by molar-refractivity contribution is 5.81. The van der Waals surface area contributed by atoms with E-state index >= 15 is 0 Å². The number of esters is 1. The lowest BCUT2D eigenvalue weighted by Gasteiger charge is -2.47. The fourth-order valence-corrected chi connectivity index (χ4v) is 3.70. The second-order valence-electron chi connectivity index (χ2n) is 6.41. The van der Waals surface area contributed by atoms with E-state index in [1.807, 2.05) is 0 Å². The molecule has 1 aliphatic rings. The zero-order chi connectivity index (χ0) is 13.1. The van der Waals surface area contributed by atoms with E-state index < -0.39 is 0 Å². The molecule has 0 N–H and O–H groups in total. The van der Waals surface area contributed by atoms with Crippen LogP contribution in [0.15, 0.2) is 12.7 Å². The first-order valence-electron chi connectivity index (χ1n) is 6.68. The summed E-state index contributed by atoms with van der Waals surface area (Å²) < 4.78 is 5.72. The highest BCUT2D eigenvalue weighted by Crippen LogP contribution is 2.47. The smallest absolute Gasteiger partial charge is 0.330 e. The van der Waals surface area contributed by atoms with Gasteiger partial charge in [-0.3, -0.25) is 0 Å². The normalized spacial score (nSPS) is 31.9. The summed E-state index contributed by atoms with van der Waals surface area (Å²) in [5.41, 5.74) is -0.00449. The molecule has 0 bridgehead atoms. The maximum Gasteiger partial charge on any atom is 0.330 e. The molecule has 98 valence electrons. The number of carbonyl (C=O) groups excluding carboxylic acids is 1. The van der Waals surface area contributed by atoms with Crippen molar-refractivity contribution < 1.29 is 9.53 Å². The molecule has 0 heterocycles. The molecule has 1 fully saturated rings. The van der Waals surface area contributed by atoms with Gasteiger partial charge in [0.15, 0.2) is 0 Å². The lowest BCUT2D eigenvalue weighted by Crippen LogP contribution is -2.45. The molecule has 0 aromatic heterocycles. The van der Waals surface area contributed by atoms with Gasteiger partial charge in [-0.15, -0.1) is 0 Å². The Morgan fingerprint density at radius 2 is 2.12 bits per heavy atom. The number of carbonyl (C=O) groups is 1. The Bertz CT molecular complexity index is 293. The third kappa shape index (κ3) is 3.86. The molecule has 0 aliphatic heterocycles. The Labute approximate surface area is 105 Å². The van der Waals surface area contributed by atoms with Gasteiger partial charge in [-0.05, 0) is 37.0 Å². The Morgan fingerprint density at radius 3 is 2.59 bits per heavy atom. The Morgan fingerprint density at radius 1 is 1.47 bits per heavy atom. The third-order valence-electron chi connectivity index (χ3n) is 3.61. The largest absolute Gasteiger partial charge is 0.456 e. The number of rotatable bonds is 4. The molecular weight excluding hydrogens is 212 g/mol. The summed E-state index contributed by atoms with van der Waals surface area (Å²) >= 11 is 0. The average Bonchev–Trinajstić information content (AvgIpc) is 2.13. The summed E-state index contributed by atoms with van der Waals surface area (Å²) in [4.78, 5) is 11.5. The van der Waals surface area contributed by atoms with Crippen LogP contribution in [-0.4, -0.2) is 11.6 Å². The molecule has 0 amide bonds. The molecule has 2 unspecified atom stereocenters. The zero-order valence-electron chi connectivity index (χ0n) is 11.7. The molecule has 2 atom stereocenters. The van der Waals surface area contributed by atoms with E-state index in [0.717, 1.165) is 25.7 Å². The van der Waals surface area contributed by atoms with Crippen LogP contribution in [0.1, 0.15) is 59.8 Å². The number of hydrogen-bond donors (Lipinski definition) is 0. The van der Waals surface area contributed by atoms with Crippen LogP contribution in [0.3, 0.4) is 0 Å². The molecule has 2 nitrogen and oxygen atoms in total. The van der Waals surface area contributed by atoms with Crippen LogP contribution in [0.4, 0.5) is 0 Å². The van der Waals surface area contributed by atoms with Crippen LogP contribution in [-0.2, 0) is 9.53 Å². The Hall–Kier alpha value is -0.790. The van der Waals surface area contributed by atoms with Crippen LogP contribution in [0.25, 0.3) is 0 Å². The van der Waals surface area contributed by atoms with Gasteiger partial charge in [0.2, 0.25) is 0 Å². The van der Waals surface area contributed by atoms with Gasteiger partial charge in [0.05, 0.1) is 0 Å². The van der Waals surface area contributed by atoms with Gasteiger partial charge in [0.25, 0.3) is 0 Å². The van der Waals surface area contributed by atoms with Gasteiger partial charge in [0.1, 0.15) is 5.60 Å². The maximum absolute atomic E-state index is 11.5. The lowest BCUT2D eigenvalue weighted by molar-refractivity contribution is -0.165. The SMILES string of the molecule is C=CC(=O)OC1(CCC)CC(C)CC(C)(C)C1. The maximum atomic E-state index is 11.5. The monoisotopic (exact) mass is 238 g/mol. The fourth-order valence-electron chi connectivity index (χ4n) is 3.70. The van der Waals surface area contributed by atoms with Crippen molar-refractivity contribution >= 4 is 5.97 Å². The standard InChI is InChI=1S/C15H26O2/c1-6-8-15(17-13(16)7-2)10-12(3)9-14(4,5)11-15/h7,12H,2,6,8-11H2,1,3-5H3. The molecule has 0 aromatic rings. The molecular formula is C15H26O2. The fraction of sp³-hybridized carbons (Fsp3) is 0.800. The highest BCUT2D eigenvalue weighted by Gasteiger charge is 2.44. The third-order valence-corrected chi connectivity index (χ3v) is 3.61. The first-order chi connectivity index (χ1) is 7.82. The van der Waals surface area contributed by atoms with Crippen molar-refractivity contribution in [3.8, 4) is 0 Å². The summed E-state index contributed by atoms with van der Waals surface area (Å²) in [6.07, 6.45) is 6.46. The van der Waals surface area contributed by atoms with E-state index in [1.165, 1.54) is 12.5 Å². The van der Waals surface area contributed by atoms with Crippen LogP contribution in [0.5, 0.6) is 0 Å². The van der Waals surface area contributed by atoms with Crippen molar-refractivity contribution in [2.45, 2.75) is 65.4 Å². The second kappa shape index (κ2) is 5.24. The minimum Gasteiger partial charge on any atom is -0.456 e.